The van der Waals surface area contributed by atoms with Gasteiger partial charge in [-0.3, -0.25) is 9.97 Å². The summed E-state index contributed by atoms with van der Waals surface area (Å²) in [6.07, 6.45) is 6.31. The van der Waals surface area contributed by atoms with Crippen LogP contribution in [0.1, 0.15) is 37.6 Å². The first-order valence-corrected chi connectivity index (χ1v) is 7.55. The van der Waals surface area contributed by atoms with Gasteiger partial charge in [0, 0.05) is 12.4 Å². The van der Waals surface area contributed by atoms with Crippen LogP contribution in [-0.2, 0) is 0 Å². The fourth-order valence-electron chi connectivity index (χ4n) is 2.11. The van der Waals surface area contributed by atoms with E-state index in [9.17, 15) is 0 Å². The highest BCUT2D eigenvalue weighted by molar-refractivity contribution is 6.31. The van der Waals surface area contributed by atoms with Gasteiger partial charge in [-0.15, -0.1) is 0 Å². The summed E-state index contributed by atoms with van der Waals surface area (Å²) in [5.74, 6) is 0.755. The van der Waals surface area contributed by atoms with Gasteiger partial charge in [-0.25, -0.2) is 0 Å². The quantitative estimate of drug-likeness (QED) is 0.849. The van der Waals surface area contributed by atoms with Crippen molar-refractivity contribution >= 4 is 11.6 Å². The van der Waals surface area contributed by atoms with E-state index in [1.54, 1.807) is 12.4 Å². The molecule has 0 bridgehead atoms. The van der Waals surface area contributed by atoms with Crippen molar-refractivity contribution in [3.63, 3.8) is 0 Å². The molecule has 112 valence electrons. The minimum atomic E-state index is -0.0912. The number of rotatable bonds is 7. The number of nitrogens with one attached hydrogen (secondary N) is 1. The minimum absolute atomic E-state index is 0.0912. The number of aromatic nitrogens is 2. The first-order chi connectivity index (χ1) is 10.3. The lowest BCUT2D eigenvalue weighted by atomic mass is 10.0. The number of ether oxygens (including phenoxy) is 1. The standard InChI is InChI=1S/C16H20ClN3O/c1-3-7-19-15(16-14(17)6-5-8-20-16)12-9-13(21-4-2)11-18-10-12/h5-6,8-11,15,19H,3-4,7H2,1-2H3. The van der Waals surface area contributed by atoms with Gasteiger partial charge in [0.25, 0.3) is 0 Å². The van der Waals surface area contributed by atoms with Gasteiger partial charge in [-0.05, 0) is 43.7 Å². The molecule has 1 atom stereocenters. The van der Waals surface area contributed by atoms with Crippen molar-refractivity contribution in [1.82, 2.24) is 15.3 Å². The van der Waals surface area contributed by atoms with Gasteiger partial charge in [0.1, 0.15) is 5.75 Å². The fourth-order valence-corrected chi connectivity index (χ4v) is 2.34. The summed E-state index contributed by atoms with van der Waals surface area (Å²) in [7, 11) is 0. The molecule has 0 aliphatic rings. The number of nitrogens with zero attached hydrogens (tertiary/aromatic N) is 2. The Kier molecular flexibility index (Phi) is 5.96. The van der Waals surface area contributed by atoms with E-state index in [0.29, 0.717) is 11.6 Å². The predicted octanol–water partition coefficient (Wildman–Crippen LogP) is 3.62. The number of pyridine rings is 2. The summed E-state index contributed by atoms with van der Waals surface area (Å²) >= 11 is 6.29. The van der Waals surface area contributed by atoms with E-state index < -0.39 is 0 Å². The monoisotopic (exact) mass is 305 g/mol. The SMILES string of the molecule is CCCNC(c1cncc(OCC)c1)c1ncccc1Cl. The Bertz CT molecular complexity index is 577. The summed E-state index contributed by atoms with van der Waals surface area (Å²) in [5, 5.41) is 4.12. The van der Waals surface area contributed by atoms with Crippen molar-refractivity contribution in [2.45, 2.75) is 26.3 Å². The number of halogens is 1. The van der Waals surface area contributed by atoms with Gasteiger partial charge in [0.15, 0.2) is 0 Å². The third-order valence-corrected chi connectivity index (χ3v) is 3.36. The van der Waals surface area contributed by atoms with E-state index in [1.807, 2.05) is 31.3 Å². The normalized spacial score (nSPS) is 12.1. The van der Waals surface area contributed by atoms with E-state index >= 15 is 0 Å². The van der Waals surface area contributed by atoms with E-state index in [2.05, 4.69) is 22.2 Å². The average molecular weight is 306 g/mol. The van der Waals surface area contributed by atoms with Crippen LogP contribution in [0.4, 0.5) is 0 Å². The lowest BCUT2D eigenvalue weighted by molar-refractivity contribution is 0.338. The average Bonchev–Trinajstić information content (AvgIpc) is 2.50. The van der Waals surface area contributed by atoms with Crippen LogP contribution in [0.25, 0.3) is 0 Å². The van der Waals surface area contributed by atoms with Crippen LogP contribution in [0.3, 0.4) is 0 Å². The molecule has 5 heteroatoms. The molecule has 0 aliphatic heterocycles. The maximum atomic E-state index is 6.29. The van der Waals surface area contributed by atoms with E-state index in [-0.39, 0.29) is 6.04 Å². The second kappa shape index (κ2) is 7.96. The molecule has 2 heterocycles. The van der Waals surface area contributed by atoms with E-state index in [0.717, 1.165) is 30.0 Å². The van der Waals surface area contributed by atoms with Gasteiger partial charge in [0.05, 0.1) is 29.6 Å². The summed E-state index contributed by atoms with van der Waals surface area (Å²) in [5.41, 5.74) is 1.80. The largest absolute Gasteiger partial charge is 0.492 e. The molecule has 0 aliphatic carbocycles. The molecule has 2 aromatic heterocycles. The maximum absolute atomic E-state index is 6.29. The van der Waals surface area contributed by atoms with Crippen LogP contribution in [-0.4, -0.2) is 23.1 Å². The van der Waals surface area contributed by atoms with Gasteiger partial charge in [0.2, 0.25) is 0 Å². The third-order valence-electron chi connectivity index (χ3n) is 3.04. The van der Waals surface area contributed by atoms with E-state index in [4.69, 9.17) is 16.3 Å². The van der Waals surface area contributed by atoms with Crippen molar-refractivity contribution < 1.29 is 4.74 Å². The Morgan fingerprint density at radius 3 is 2.90 bits per heavy atom. The zero-order valence-electron chi connectivity index (χ0n) is 12.3. The molecule has 0 radical (unpaired) electrons. The summed E-state index contributed by atoms with van der Waals surface area (Å²) in [4.78, 5) is 8.67. The van der Waals surface area contributed by atoms with Crippen molar-refractivity contribution in [2.75, 3.05) is 13.2 Å². The Morgan fingerprint density at radius 1 is 1.33 bits per heavy atom. The zero-order chi connectivity index (χ0) is 15.1. The highest BCUT2D eigenvalue weighted by atomic mass is 35.5. The number of hydrogen-bond donors (Lipinski definition) is 1. The second-order valence-corrected chi connectivity index (χ2v) is 5.05. The Balaban J connectivity index is 2.36. The molecule has 2 rings (SSSR count). The van der Waals surface area contributed by atoms with Crippen molar-refractivity contribution in [3.8, 4) is 5.75 Å². The fraction of sp³-hybridized carbons (Fsp3) is 0.375. The number of hydrogen-bond acceptors (Lipinski definition) is 4. The third kappa shape index (κ3) is 4.16. The van der Waals surface area contributed by atoms with Crippen LogP contribution in [0, 0.1) is 0 Å². The topological polar surface area (TPSA) is 47.0 Å². The molecule has 0 spiro atoms. The molecule has 1 N–H and O–H groups in total. The first-order valence-electron chi connectivity index (χ1n) is 7.17. The van der Waals surface area contributed by atoms with Crippen LogP contribution >= 0.6 is 11.6 Å². The Labute approximate surface area is 130 Å². The zero-order valence-corrected chi connectivity index (χ0v) is 13.1. The smallest absolute Gasteiger partial charge is 0.137 e. The molecule has 0 saturated heterocycles. The van der Waals surface area contributed by atoms with Crippen molar-refractivity contribution in [2.24, 2.45) is 0 Å². The summed E-state index contributed by atoms with van der Waals surface area (Å²) in [6, 6.07) is 5.57. The minimum Gasteiger partial charge on any atom is -0.492 e. The van der Waals surface area contributed by atoms with Crippen LogP contribution in [0.2, 0.25) is 5.02 Å². The summed E-state index contributed by atoms with van der Waals surface area (Å²) in [6.45, 7) is 5.56. The molecular formula is C16H20ClN3O. The van der Waals surface area contributed by atoms with Crippen LogP contribution in [0.15, 0.2) is 36.8 Å². The molecule has 1 unspecified atom stereocenters. The lowest BCUT2D eigenvalue weighted by Gasteiger charge is -2.19. The van der Waals surface area contributed by atoms with Crippen LogP contribution in [0.5, 0.6) is 5.75 Å². The van der Waals surface area contributed by atoms with Crippen molar-refractivity contribution in [3.05, 3.63) is 53.1 Å². The Morgan fingerprint density at radius 2 is 2.19 bits per heavy atom. The van der Waals surface area contributed by atoms with Crippen molar-refractivity contribution in [1.29, 1.82) is 0 Å². The van der Waals surface area contributed by atoms with E-state index in [1.165, 1.54) is 0 Å². The molecule has 0 amide bonds. The first kappa shape index (κ1) is 15.7. The van der Waals surface area contributed by atoms with Gasteiger partial charge >= 0.3 is 0 Å². The second-order valence-electron chi connectivity index (χ2n) is 4.64. The van der Waals surface area contributed by atoms with Gasteiger partial charge in [-0.2, -0.15) is 0 Å². The Hall–Kier alpha value is -1.65. The molecule has 2 aromatic rings. The lowest BCUT2D eigenvalue weighted by Crippen LogP contribution is -2.24. The molecule has 0 fully saturated rings. The highest BCUT2D eigenvalue weighted by Crippen LogP contribution is 2.27. The maximum Gasteiger partial charge on any atom is 0.137 e. The molecule has 0 saturated carbocycles. The molecular weight excluding hydrogens is 286 g/mol. The van der Waals surface area contributed by atoms with Crippen LogP contribution < -0.4 is 10.1 Å². The predicted molar refractivity (Wildman–Crippen MR) is 84.8 cm³/mol. The molecule has 4 nitrogen and oxygen atoms in total. The van der Waals surface area contributed by atoms with Gasteiger partial charge < -0.3 is 10.1 Å². The molecule has 0 aromatic carbocycles. The highest BCUT2D eigenvalue weighted by Gasteiger charge is 2.18. The molecule has 21 heavy (non-hydrogen) atoms. The van der Waals surface area contributed by atoms with Gasteiger partial charge in [-0.1, -0.05) is 18.5 Å². The summed E-state index contributed by atoms with van der Waals surface area (Å²) < 4.78 is 5.52.